The number of nitrogens with zero attached hydrogens (tertiary/aromatic N) is 2. The molecule has 5 nitrogen and oxygen atoms in total. The molecule has 2 heterocycles. The summed E-state index contributed by atoms with van der Waals surface area (Å²) in [5.41, 5.74) is 0.752. The highest BCUT2D eigenvalue weighted by atomic mass is 35.5. The molecule has 0 radical (unpaired) electrons. The van der Waals surface area contributed by atoms with Crippen molar-refractivity contribution >= 4 is 11.6 Å². The highest BCUT2D eigenvalue weighted by molar-refractivity contribution is 6.29. The van der Waals surface area contributed by atoms with Crippen LogP contribution in [-0.2, 0) is 5.41 Å². The largest absolute Gasteiger partial charge is 0.438 e. The van der Waals surface area contributed by atoms with Crippen molar-refractivity contribution in [1.29, 1.82) is 0 Å². The van der Waals surface area contributed by atoms with Gasteiger partial charge in [-0.2, -0.15) is 0 Å². The lowest BCUT2D eigenvalue weighted by molar-refractivity contribution is 0.270. The molecule has 0 bridgehead atoms. The second kappa shape index (κ2) is 3.70. The van der Waals surface area contributed by atoms with E-state index >= 15 is 0 Å². The summed E-state index contributed by atoms with van der Waals surface area (Å²) in [7, 11) is 0. The molecular formula is C11H10ClN3O2. The lowest BCUT2D eigenvalue weighted by atomic mass is 9.64. The average molecular weight is 252 g/mol. The van der Waals surface area contributed by atoms with Crippen molar-refractivity contribution in [3.8, 4) is 0 Å². The Morgan fingerprint density at radius 3 is 2.71 bits per heavy atom. The summed E-state index contributed by atoms with van der Waals surface area (Å²) < 4.78 is 4.58. The van der Waals surface area contributed by atoms with Crippen LogP contribution in [0.4, 0.5) is 0 Å². The maximum Gasteiger partial charge on any atom is 0.438 e. The first-order chi connectivity index (χ1) is 8.21. The molecule has 2 aromatic rings. The summed E-state index contributed by atoms with van der Waals surface area (Å²) in [5, 5.41) is 4.26. The fourth-order valence-electron chi connectivity index (χ4n) is 2.29. The third-order valence-corrected chi connectivity index (χ3v) is 3.60. The maximum absolute atomic E-state index is 11.0. The molecule has 17 heavy (non-hydrogen) atoms. The Labute approximate surface area is 102 Å². The van der Waals surface area contributed by atoms with E-state index in [1.54, 1.807) is 12.3 Å². The minimum absolute atomic E-state index is 0.260. The van der Waals surface area contributed by atoms with Crippen molar-refractivity contribution < 1.29 is 4.52 Å². The van der Waals surface area contributed by atoms with Gasteiger partial charge in [-0.15, -0.1) is 0 Å². The number of H-pyrrole nitrogens is 1. The SMILES string of the molecule is O=c1[nH]c(C2(c3ccc(Cl)nc3)CCC2)no1. The van der Waals surface area contributed by atoms with Gasteiger partial charge >= 0.3 is 5.76 Å². The zero-order valence-electron chi connectivity index (χ0n) is 8.94. The summed E-state index contributed by atoms with van der Waals surface area (Å²) >= 11 is 5.77. The lowest BCUT2D eigenvalue weighted by Crippen LogP contribution is -2.37. The molecule has 6 heteroatoms. The molecule has 2 aromatic heterocycles. The molecule has 1 fully saturated rings. The monoisotopic (exact) mass is 251 g/mol. The number of halogens is 1. The van der Waals surface area contributed by atoms with E-state index in [0.29, 0.717) is 11.0 Å². The summed E-state index contributed by atoms with van der Waals surface area (Å²) in [5.74, 6) is 0.0612. The number of pyridine rings is 1. The Hall–Kier alpha value is -1.62. The van der Waals surface area contributed by atoms with E-state index in [1.165, 1.54) is 0 Å². The molecule has 0 spiro atoms. The van der Waals surface area contributed by atoms with Gasteiger partial charge in [-0.1, -0.05) is 29.2 Å². The van der Waals surface area contributed by atoms with Gasteiger partial charge in [0.2, 0.25) is 0 Å². The number of hydrogen-bond acceptors (Lipinski definition) is 4. The van der Waals surface area contributed by atoms with Crippen LogP contribution in [0.15, 0.2) is 27.6 Å². The van der Waals surface area contributed by atoms with Crippen molar-refractivity contribution in [2.45, 2.75) is 24.7 Å². The average Bonchev–Trinajstić information content (AvgIpc) is 2.67. The normalized spacial score (nSPS) is 17.7. The summed E-state index contributed by atoms with van der Waals surface area (Å²) in [6.07, 6.45) is 4.68. The van der Waals surface area contributed by atoms with Gasteiger partial charge in [0.15, 0.2) is 5.82 Å². The first-order valence-corrected chi connectivity index (χ1v) is 5.77. The predicted molar refractivity (Wildman–Crippen MR) is 61.0 cm³/mol. The van der Waals surface area contributed by atoms with Crippen LogP contribution in [0.2, 0.25) is 5.15 Å². The molecule has 0 amide bonds. The van der Waals surface area contributed by atoms with Gasteiger partial charge in [0.1, 0.15) is 5.15 Å². The third kappa shape index (κ3) is 1.58. The molecule has 1 N–H and O–H groups in total. The van der Waals surface area contributed by atoms with Gasteiger partial charge in [0.25, 0.3) is 0 Å². The van der Waals surface area contributed by atoms with E-state index in [1.807, 2.05) is 6.07 Å². The Morgan fingerprint density at radius 2 is 2.24 bits per heavy atom. The van der Waals surface area contributed by atoms with Crippen molar-refractivity contribution in [3.63, 3.8) is 0 Å². The van der Waals surface area contributed by atoms with Crippen LogP contribution in [0.1, 0.15) is 30.7 Å². The summed E-state index contributed by atoms with van der Waals surface area (Å²) in [4.78, 5) is 17.8. The van der Waals surface area contributed by atoms with Crippen molar-refractivity contribution in [1.82, 2.24) is 15.1 Å². The topological polar surface area (TPSA) is 71.8 Å². The minimum Gasteiger partial charge on any atom is -0.296 e. The number of nitrogens with one attached hydrogen (secondary N) is 1. The van der Waals surface area contributed by atoms with E-state index in [9.17, 15) is 4.79 Å². The number of aromatic amines is 1. The molecule has 0 aromatic carbocycles. The van der Waals surface area contributed by atoms with E-state index in [0.717, 1.165) is 24.8 Å². The standard InChI is InChI=1S/C11H10ClN3O2/c12-8-3-2-7(6-13-8)11(4-1-5-11)9-14-10(16)17-15-9/h2-3,6H,1,4-5H2,(H,14,15,16). The molecule has 0 aliphatic heterocycles. The minimum atomic E-state index is -0.520. The van der Waals surface area contributed by atoms with Crippen LogP contribution in [0, 0.1) is 0 Å². The second-order valence-corrected chi connectivity index (χ2v) is 4.64. The van der Waals surface area contributed by atoms with Crippen molar-refractivity contribution in [2.24, 2.45) is 0 Å². The number of hydrogen-bond donors (Lipinski definition) is 1. The molecule has 3 rings (SSSR count). The molecular weight excluding hydrogens is 242 g/mol. The van der Waals surface area contributed by atoms with E-state index in [-0.39, 0.29) is 5.41 Å². The summed E-state index contributed by atoms with van der Waals surface area (Å²) in [6.45, 7) is 0. The molecule has 1 saturated carbocycles. The fraction of sp³-hybridized carbons (Fsp3) is 0.364. The van der Waals surface area contributed by atoms with Crippen molar-refractivity contribution in [2.75, 3.05) is 0 Å². The number of rotatable bonds is 2. The first-order valence-electron chi connectivity index (χ1n) is 5.39. The van der Waals surface area contributed by atoms with Gasteiger partial charge in [0.05, 0.1) is 5.41 Å². The first kappa shape index (κ1) is 10.5. The van der Waals surface area contributed by atoms with Gasteiger partial charge in [0, 0.05) is 6.20 Å². The fourth-order valence-corrected chi connectivity index (χ4v) is 2.40. The van der Waals surface area contributed by atoms with E-state index < -0.39 is 5.76 Å². The zero-order chi connectivity index (χ0) is 11.9. The highest BCUT2D eigenvalue weighted by Crippen LogP contribution is 2.47. The molecule has 0 saturated heterocycles. The van der Waals surface area contributed by atoms with Crippen LogP contribution in [0.3, 0.4) is 0 Å². The van der Waals surface area contributed by atoms with Gasteiger partial charge in [-0.25, -0.2) is 9.78 Å². The van der Waals surface area contributed by atoms with Crippen LogP contribution >= 0.6 is 11.6 Å². The molecule has 1 aliphatic carbocycles. The quantitative estimate of drug-likeness (QED) is 0.828. The highest BCUT2D eigenvalue weighted by Gasteiger charge is 2.44. The Kier molecular flexibility index (Phi) is 2.29. The second-order valence-electron chi connectivity index (χ2n) is 4.25. The Bertz CT molecular complexity index is 583. The third-order valence-electron chi connectivity index (χ3n) is 3.38. The molecule has 0 unspecified atom stereocenters. The van der Waals surface area contributed by atoms with Gasteiger partial charge in [-0.05, 0) is 24.5 Å². The van der Waals surface area contributed by atoms with Crippen molar-refractivity contribution in [3.05, 3.63) is 45.4 Å². The van der Waals surface area contributed by atoms with Crippen LogP contribution in [-0.4, -0.2) is 15.1 Å². The lowest BCUT2D eigenvalue weighted by Gasteiger charge is -2.39. The van der Waals surface area contributed by atoms with Crippen LogP contribution < -0.4 is 5.76 Å². The maximum atomic E-state index is 11.0. The van der Waals surface area contributed by atoms with Gasteiger partial charge in [-0.3, -0.25) is 9.51 Å². The predicted octanol–water partition coefficient (Wildman–Crippen LogP) is 1.88. The van der Waals surface area contributed by atoms with Gasteiger partial charge < -0.3 is 0 Å². The van der Waals surface area contributed by atoms with Crippen LogP contribution in [0.5, 0.6) is 0 Å². The Morgan fingerprint density at radius 1 is 1.41 bits per heavy atom. The summed E-state index contributed by atoms with van der Waals surface area (Å²) in [6, 6.07) is 3.66. The van der Waals surface area contributed by atoms with Crippen LogP contribution in [0.25, 0.3) is 0 Å². The van der Waals surface area contributed by atoms with E-state index in [4.69, 9.17) is 11.6 Å². The molecule has 0 atom stereocenters. The molecule has 88 valence electrons. The molecule has 1 aliphatic rings. The number of aromatic nitrogens is 3. The Balaban J connectivity index is 2.08. The van der Waals surface area contributed by atoms with E-state index in [2.05, 4.69) is 19.6 Å². The smallest absolute Gasteiger partial charge is 0.296 e. The zero-order valence-corrected chi connectivity index (χ0v) is 9.70.